The van der Waals surface area contributed by atoms with Crippen LogP contribution in [-0.4, -0.2) is 26.6 Å². The van der Waals surface area contributed by atoms with Crippen molar-refractivity contribution >= 4 is 11.8 Å². The second kappa shape index (κ2) is 5.55. The lowest BCUT2D eigenvalue weighted by atomic mass is 9.76. The fraction of sp³-hybridized carbons (Fsp3) is 0.643. The van der Waals surface area contributed by atoms with Crippen LogP contribution in [0, 0.1) is 5.92 Å². The van der Waals surface area contributed by atoms with Gasteiger partial charge in [0.05, 0.1) is 0 Å². The first kappa shape index (κ1) is 13.8. The highest BCUT2D eigenvalue weighted by atomic mass is 16.4. The predicted molar refractivity (Wildman–Crippen MR) is 73.0 cm³/mol. The van der Waals surface area contributed by atoms with Gasteiger partial charge >= 0.3 is 5.97 Å². The number of hydrogen-bond donors (Lipinski definition) is 2. The number of aromatic nitrogens is 2. The van der Waals surface area contributed by atoms with Gasteiger partial charge in [-0.3, -0.25) is 0 Å². The summed E-state index contributed by atoms with van der Waals surface area (Å²) in [4.78, 5) is 20.0. The van der Waals surface area contributed by atoms with E-state index in [0.29, 0.717) is 24.6 Å². The molecule has 1 aliphatic carbocycles. The van der Waals surface area contributed by atoms with Crippen molar-refractivity contribution in [2.24, 2.45) is 5.92 Å². The van der Waals surface area contributed by atoms with E-state index in [1.807, 2.05) is 13.0 Å². The van der Waals surface area contributed by atoms with Gasteiger partial charge < -0.3 is 10.4 Å². The molecule has 1 aromatic heterocycles. The summed E-state index contributed by atoms with van der Waals surface area (Å²) < 4.78 is 0. The van der Waals surface area contributed by atoms with Crippen molar-refractivity contribution < 1.29 is 9.90 Å². The molecule has 19 heavy (non-hydrogen) atoms. The zero-order chi connectivity index (χ0) is 13.9. The largest absolute Gasteiger partial charge is 0.480 e. The Bertz CT molecular complexity index is 464. The van der Waals surface area contributed by atoms with E-state index in [4.69, 9.17) is 0 Å². The van der Waals surface area contributed by atoms with Crippen molar-refractivity contribution in [3.63, 3.8) is 0 Å². The van der Waals surface area contributed by atoms with Crippen molar-refractivity contribution in [2.75, 3.05) is 5.32 Å². The van der Waals surface area contributed by atoms with Gasteiger partial charge in [-0.2, -0.15) is 0 Å². The molecular formula is C14H21N3O2. The van der Waals surface area contributed by atoms with Gasteiger partial charge in [-0.1, -0.05) is 26.7 Å². The zero-order valence-electron chi connectivity index (χ0n) is 11.5. The highest BCUT2D eigenvalue weighted by Crippen LogP contribution is 2.35. The summed E-state index contributed by atoms with van der Waals surface area (Å²) in [6.45, 7) is 4.12. The maximum atomic E-state index is 11.7. The van der Waals surface area contributed by atoms with E-state index >= 15 is 0 Å². The highest BCUT2D eigenvalue weighted by molar-refractivity contribution is 5.82. The molecule has 2 unspecified atom stereocenters. The van der Waals surface area contributed by atoms with E-state index in [-0.39, 0.29) is 0 Å². The summed E-state index contributed by atoms with van der Waals surface area (Å²) in [6.07, 6.45) is 5.63. The third-order valence-electron chi connectivity index (χ3n) is 3.86. The van der Waals surface area contributed by atoms with Crippen LogP contribution < -0.4 is 5.32 Å². The lowest BCUT2D eigenvalue weighted by Crippen LogP contribution is -2.49. The van der Waals surface area contributed by atoms with Crippen LogP contribution in [0.1, 0.15) is 45.2 Å². The molecule has 0 radical (unpaired) electrons. The number of aliphatic carboxylic acids is 1. The summed E-state index contributed by atoms with van der Waals surface area (Å²) >= 11 is 0. The van der Waals surface area contributed by atoms with Crippen LogP contribution in [0.5, 0.6) is 0 Å². The minimum Gasteiger partial charge on any atom is -0.480 e. The van der Waals surface area contributed by atoms with Gasteiger partial charge in [0.2, 0.25) is 0 Å². The van der Waals surface area contributed by atoms with Crippen LogP contribution >= 0.6 is 0 Å². The molecular weight excluding hydrogens is 242 g/mol. The summed E-state index contributed by atoms with van der Waals surface area (Å²) in [5.41, 5.74) is 0.0405. The highest BCUT2D eigenvalue weighted by Gasteiger charge is 2.42. The Morgan fingerprint density at radius 1 is 1.58 bits per heavy atom. The molecule has 0 aliphatic heterocycles. The minimum absolute atomic E-state index is 0.421. The topological polar surface area (TPSA) is 75.1 Å². The summed E-state index contributed by atoms with van der Waals surface area (Å²) in [7, 11) is 0. The summed E-state index contributed by atoms with van der Waals surface area (Å²) in [5.74, 6) is 0.254. The molecule has 0 bridgehead atoms. The molecule has 1 aliphatic rings. The van der Waals surface area contributed by atoms with E-state index in [0.717, 1.165) is 25.0 Å². The average molecular weight is 263 g/mol. The number of hydrogen-bond acceptors (Lipinski definition) is 4. The number of anilines is 1. The molecule has 0 saturated heterocycles. The molecule has 2 rings (SSSR count). The SMILES string of the molecule is CCc1cc(NC2(C(=O)O)CCCC(C)C2)ncn1. The molecule has 2 atom stereocenters. The number of nitrogens with one attached hydrogen (secondary N) is 1. The molecule has 1 aromatic rings. The molecule has 5 nitrogen and oxygen atoms in total. The molecule has 0 aromatic carbocycles. The van der Waals surface area contributed by atoms with E-state index < -0.39 is 11.5 Å². The number of nitrogens with zero attached hydrogens (tertiary/aromatic N) is 2. The van der Waals surface area contributed by atoms with Crippen molar-refractivity contribution in [1.29, 1.82) is 0 Å². The minimum atomic E-state index is -0.878. The maximum absolute atomic E-state index is 11.7. The monoisotopic (exact) mass is 263 g/mol. The van der Waals surface area contributed by atoms with Gasteiger partial charge in [0.25, 0.3) is 0 Å². The van der Waals surface area contributed by atoms with Gasteiger partial charge in [0.15, 0.2) is 0 Å². The first-order valence-electron chi connectivity index (χ1n) is 6.88. The Hall–Kier alpha value is -1.65. The third-order valence-corrected chi connectivity index (χ3v) is 3.86. The number of carboxylic acid groups (broad SMARTS) is 1. The van der Waals surface area contributed by atoms with Crippen molar-refractivity contribution in [3.8, 4) is 0 Å². The fourth-order valence-electron chi connectivity index (χ4n) is 2.82. The maximum Gasteiger partial charge on any atom is 0.329 e. The average Bonchev–Trinajstić information content (AvgIpc) is 2.38. The molecule has 0 amide bonds. The third kappa shape index (κ3) is 3.03. The van der Waals surface area contributed by atoms with Crippen molar-refractivity contribution in [1.82, 2.24) is 9.97 Å². The smallest absolute Gasteiger partial charge is 0.329 e. The summed E-state index contributed by atoms with van der Waals surface area (Å²) in [6, 6.07) is 1.84. The first-order valence-corrected chi connectivity index (χ1v) is 6.88. The van der Waals surface area contributed by atoms with Crippen LogP contribution in [0.3, 0.4) is 0 Å². The van der Waals surface area contributed by atoms with Crippen LogP contribution in [0.15, 0.2) is 12.4 Å². The Kier molecular flexibility index (Phi) is 4.02. The standard InChI is InChI=1S/C14H21N3O2/c1-3-11-7-12(16-9-15-11)17-14(13(18)19)6-4-5-10(2)8-14/h7,9-10H,3-6,8H2,1-2H3,(H,18,19)(H,15,16,17). The van der Waals surface area contributed by atoms with Gasteiger partial charge in [-0.25, -0.2) is 14.8 Å². The van der Waals surface area contributed by atoms with Crippen molar-refractivity contribution in [2.45, 2.75) is 51.5 Å². The number of aryl methyl sites for hydroxylation is 1. The quantitative estimate of drug-likeness (QED) is 0.873. The van der Waals surface area contributed by atoms with Crippen LogP contribution in [0.4, 0.5) is 5.82 Å². The Morgan fingerprint density at radius 3 is 3.00 bits per heavy atom. The zero-order valence-corrected chi connectivity index (χ0v) is 11.5. The van der Waals surface area contributed by atoms with Crippen LogP contribution in [0.25, 0.3) is 0 Å². The van der Waals surface area contributed by atoms with E-state index in [9.17, 15) is 9.90 Å². The van der Waals surface area contributed by atoms with E-state index in [1.165, 1.54) is 6.33 Å². The lowest BCUT2D eigenvalue weighted by Gasteiger charge is -2.37. The lowest BCUT2D eigenvalue weighted by molar-refractivity contribution is -0.144. The predicted octanol–water partition coefficient (Wildman–Crippen LogP) is 2.48. The second-order valence-corrected chi connectivity index (χ2v) is 5.46. The van der Waals surface area contributed by atoms with Gasteiger partial charge in [0.1, 0.15) is 17.7 Å². The second-order valence-electron chi connectivity index (χ2n) is 5.46. The number of carbonyl (C=O) groups is 1. The van der Waals surface area contributed by atoms with Crippen LogP contribution in [0.2, 0.25) is 0 Å². The molecule has 2 N–H and O–H groups in total. The first-order chi connectivity index (χ1) is 9.05. The molecule has 1 heterocycles. The number of carboxylic acids is 1. The molecule has 1 fully saturated rings. The summed E-state index contributed by atoms with van der Waals surface area (Å²) in [5, 5.41) is 12.7. The van der Waals surface area contributed by atoms with E-state index in [1.54, 1.807) is 0 Å². The van der Waals surface area contributed by atoms with E-state index in [2.05, 4.69) is 22.2 Å². The van der Waals surface area contributed by atoms with Crippen molar-refractivity contribution in [3.05, 3.63) is 18.1 Å². The Morgan fingerprint density at radius 2 is 2.37 bits per heavy atom. The normalized spacial score (nSPS) is 26.9. The Balaban J connectivity index is 2.23. The molecule has 5 heteroatoms. The molecule has 104 valence electrons. The van der Waals surface area contributed by atoms with Crippen LogP contribution in [-0.2, 0) is 11.2 Å². The number of rotatable bonds is 4. The van der Waals surface area contributed by atoms with Gasteiger partial charge in [0, 0.05) is 11.8 Å². The van der Waals surface area contributed by atoms with Gasteiger partial charge in [-0.15, -0.1) is 0 Å². The molecule has 0 spiro atoms. The molecule has 1 saturated carbocycles. The van der Waals surface area contributed by atoms with Gasteiger partial charge in [-0.05, 0) is 25.2 Å². The Labute approximate surface area is 113 Å². The fourth-order valence-corrected chi connectivity index (χ4v) is 2.82.